The van der Waals surface area contributed by atoms with Gasteiger partial charge in [-0.1, -0.05) is 12.5 Å². The first-order valence-electron chi connectivity index (χ1n) is 14.9. The number of hydrogen-bond donors (Lipinski definition) is 3. The molecule has 0 amide bonds. The summed E-state index contributed by atoms with van der Waals surface area (Å²) in [5, 5.41) is 31.3. The molecule has 2 aromatic rings. The number of carbonyl (C=O) groups is 1. The Labute approximate surface area is 236 Å². The van der Waals surface area contributed by atoms with Gasteiger partial charge in [0.1, 0.15) is 6.10 Å². The predicted octanol–water partition coefficient (Wildman–Crippen LogP) is 6.62. The standard InChI is InChI=1S/C32H42O8/c1-20(33)37-26-18-25(13-11-21-12-14-27(34)30(15-21)38-23-7-3-2-4-8-23)40-29(19-26)22-16-28(35)32(36)31(17-22)39-24-9-5-6-10-24/h12,14-17,23-26,29,34-36H,2-11,13,18-19H2,1H3/t25-,26+,29-/m0/s1. The minimum atomic E-state index is -0.439. The average molecular weight is 555 g/mol. The van der Waals surface area contributed by atoms with E-state index in [0.717, 1.165) is 56.9 Å². The molecule has 0 aromatic heterocycles. The largest absolute Gasteiger partial charge is 0.504 e. The second-order valence-electron chi connectivity index (χ2n) is 11.6. The first-order chi connectivity index (χ1) is 19.3. The Hall–Kier alpha value is -3.13. The van der Waals surface area contributed by atoms with Crippen LogP contribution in [0, 0.1) is 0 Å². The van der Waals surface area contributed by atoms with Crippen LogP contribution in [-0.4, -0.2) is 45.7 Å². The first kappa shape index (κ1) is 28.4. The number of rotatable bonds is 9. The van der Waals surface area contributed by atoms with Crippen LogP contribution in [0.25, 0.3) is 0 Å². The quantitative estimate of drug-likeness (QED) is 0.234. The fourth-order valence-electron chi connectivity index (χ4n) is 6.28. The number of esters is 1. The third-order valence-electron chi connectivity index (χ3n) is 8.36. The number of benzene rings is 2. The fourth-order valence-corrected chi connectivity index (χ4v) is 6.28. The zero-order chi connectivity index (χ0) is 28.1. The Balaban J connectivity index is 1.28. The molecule has 8 nitrogen and oxygen atoms in total. The molecule has 5 rings (SSSR count). The van der Waals surface area contributed by atoms with Crippen molar-refractivity contribution < 1.29 is 39.1 Å². The van der Waals surface area contributed by atoms with E-state index in [1.807, 2.05) is 12.1 Å². The lowest BCUT2D eigenvalue weighted by Gasteiger charge is -2.35. The fraction of sp³-hybridized carbons (Fsp3) is 0.594. The number of aryl methyl sites for hydroxylation is 1. The lowest BCUT2D eigenvalue weighted by molar-refractivity contribution is -0.160. The summed E-state index contributed by atoms with van der Waals surface area (Å²) in [6.07, 6.45) is 11.2. The minimum absolute atomic E-state index is 0.0201. The van der Waals surface area contributed by atoms with Crippen molar-refractivity contribution in [1.82, 2.24) is 0 Å². The summed E-state index contributed by atoms with van der Waals surface area (Å²) >= 11 is 0. The first-order valence-corrected chi connectivity index (χ1v) is 14.9. The van der Waals surface area contributed by atoms with Gasteiger partial charge in [-0.2, -0.15) is 0 Å². The summed E-state index contributed by atoms with van der Waals surface area (Å²) in [5.41, 5.74) is 1.71. The summed E-state index contributed by atoms with van der Waals surface area (Å²) < 4.78 is 24.3. The predicted molar refractivity (Wildman–Crippen MR) is 149 cm³/mol. The maximum absolute atomic E-state index is 11.8. The Morgan fingerprint density at radius 1 is 0.825 bits per heavy atom. The van der Waals surface area contributed by atoms with Gasteiger partial charge in [-0.3, -0.25) is 4.79 Å². The average Bonchev–Trinajstić information content (AvgIpc) is 3.45. The van der Waals surface area contributed by atoms with Gasteiger partial charge in [-0.15, -0.1) is 0 Å². The lowest BCUT2D eigenvalue weighted by atomic mass is 9.92. The second kappa shape index (κ2) is 13.0. The second-order valence-corrected chi connectivity index (χ2v) is 11.6. The summed E-state index contributed by atoms with van der Waals surface area (Å²) in [4.78, 5) is 11.8. The van der Waals surface area contributed by atoms with Crippen LogP contribution >= 0.6 is 0 Å². The molecule has 3 fully saturated rings. The Kier molecular flexibility index (Phi) is 9.25. The lowest BCUT2D eigenvalue weighted by Crippen LogP contribution is -2.34. The molecular weight excluding hydrogens is 512 g/mol. The molecule has 3 atom stereocenters. The van der Waals surface area contributed by atoms with Crippen LogP contribution in [0.1, 0.15) is 101 Å². The van der Waals surface area contributed by atoms with E-state index in [2.05, 4.69) is 0 Å². The number of phenols is 3. The van der Waals surface area contributed by atoms with Crippen LogP contribution in [0.15, 0.2) is 30.3 Å². The van der Waals surface area contributed by atoms with E-state index in [4.69, 9.17) is 18.9 Å². The third kappa shape index (κ3) is 7.33. The molecule has 0 unspecified atom stereocenters. The van der Waals surface area contributed by atoms with E-state index in [1.165, 1.54) is 19.4 Å². The van der Waals surface area contributed by atoms with Crippen molar-refractivity contribution in [2.75, 3.05) is 0 Å². The molecular formula is C32H42O8. The van der Waals surface area contributed by atoms with Crippen molar-refractivity contribution in [3.8, 4) is 28.7 Å². The summed E-state index contributed by atoms with van der Waals surface area (Å²) in [5.74, 6) is 0.0745. The number of hydrogen-bond acceptors (Lipinski definition) is 8. The molecule has 1 saturated heterocycles. The molecule has 40 heavy (non-hydrogen) atoms. The molecule has 2 saturated carbocycles. The number of carbonyl (C=O) groups excluding carboxylic acids is 1. The normalized spacial score (nSPS) is 24.1. The molecule has 1 aliphatic heterocycles. The zero-order valence-electron chi connectivity index (χ0n) is 23.3. The van der Waals surface area contributed by atoms with Gasteiger partial charge < -0.3 is 34.3 Å². The molecule has 0 spiro atoms. The van der Waals surface area contributed by atoms with E-state index >= 15 is 0 Å². The highest BCUT2D eigenvalue weighted by molar-refractivity contribution is 5.66. The molecule has 0 bridgehead atoms. The van der Waals surface area contributed by atoms with Crippen molar-refractivity contribution >= 4 is 5.97 Å². The monoisotopic (exact) mass is 554 g/mol. The van der Waals surface area contributed by atoms with Gasteiger partial charge in [-0.05, 0) is 99.6 Å². The van der Waals surface area contributed by atoms with E-state index in [1.54, 1.807) is 12.1 Å². The summed E-state index contributed by atoms with van der Waals surface area (Å²) in [6, 6.07) is 8.74. The SMILES string of the molecule is CC(=O)O[C@@H]1C[C@H](CCc2ccc(O)c(OC3CCCCC3)c2)O[C@H](c2cc(O)c(O)c(OC3CCCC3)c2)C1. The number of aromatic hydroxyl groups is 3. The molecule has 8 heteroatoms. The minimum Gasteiger partial charge on any atom is -0.504 e. The molecule has 3 aliphatic rings. The molecule has 2 aromatic carbocycles. The van der Waals surface area contributed by atoms with Gasteiger partial charge >= 0.3 is 5.97 Å². The Morgan fingerprint density at radius 2 is 1.50 bits per heavy atom. The van der Waals surface area contributed by atoms with Crippen LogP contribution < -0.4 is 9.47 Å². The van der Waals surface area contributed by atoms with Crippen LogP contribution in [0.3, 0.4) is 0 Å². The molecule has 3 N–H and O–H groups in total. The van der Waals surface area contributed by atoms with Gasteiger partial charge in [0.15, 0.2) is 23.0 Å². The maximum atomic E-state index is 11.8. The smallest absolute Gasteiger partial charge is 0.302 e. The van der Waals surface area contributed by atoms with Crippen LogP contribution in [-0.2, 0) is 20.7 Å². The molecule has 218 valence electrons. The van der Waals surface area contributed by atoms with E-state index < -0.39 is 6.10 Å². The van der Waals surface area contributed by atoms with Crippen molar-refractivity contribution in [2.24, 2.45) is 0 Å². The zero-order valence-corrected chi connectivity index (χ0v) is 23.3. The van der Waals surface area contributed by atoms with Crippen molar-refractivity contribution in [1.29, 1.82) is 0 Å². The Bertz CT molecular complexity index is 1150. The third-order valence-corrected chi connectivity index (χ3v) is 8.36. The van der Waals surface area contributed by atoms with Crippen LogP contribution in [0.5, 0.6) is 28.7 Å². The van der Waals surface area contributed by atoms with Crippen molar-refractivity contribution in [3.05, 3.63) is 41.5 Å². The van der Waals surface area contributed by atoms with E-state index in [-0.39, 0.29) is 53.4 Å². The van der Waals surface area contributed by atoms with Gasteiger partial charge in [0.25, 0.3) is 0 Å². The van der Waals surface area contributed by atoms with E-state index in [0.29, 0.717) is 37.0 Å². The van der Waals surface area contributed by atoms with Crippen molar-refractivity contribution in [2.45, 2.75) is 121 Å². The van der Waals surface area contributed by atoms with E-state index in [9.17, 15) is 20.1 Å². The van der Waals surface area contributed by atoms with Crippen LogP contribution in [0.4, 0.5) is 0 Å². The number of ether oxygens (including phenoxy) is 4. The maximum Gasteiger partial charge on any atom is 0.302 e. The van der Waals surface area contributed by atoms with Crippen molar-refractivity contribution in [3.63, 3.8) is 0 Å². The Morgan fingerprint density at radius 3 is 2.20 bits per heavy atom. The van der Waals surface area contributed by atoms with Gasteiger partial charge in [0.05, 0.1) is 24.4 Å². The summed E-state index contributed by atoms with van der Waals surface area (Å²) in [7, 11) is 0. The highest BCUT2D eigenvalue weighted by Crippen LogP contribution is 2.43. The van der Waals surface area contributed by atoms with Gasteiger partial charge in [-0.25, -0.2) is 0 Å². The highest BCUT2D eigenvalue weighted by atomic mass is 16.6. The number of phenolic OH excluding ortho intramolecular Hbond substituents is 3. The molecule has 1 heterocycles. The topological polar surface area (TPSA) is 115 Å². The summed E-state index contributed by atoms with van der Waals surface area (Å²) in [6.45, 7) is 1.41. The molecule has 0 radical (unpaired) electrons. The van der Waals surface area contributed by atoms with Gasteiger partial charge in [0, 0.05) is 19.8 Å². The van der Waals surface area contributed by atoms with Gasteiger partial charge in [0.2, 0.25) is 5.75 Å². The molecule has 2 aliphatic carbocycles. The highest BCUT2D eigenvalue weighted by Gasteiger charge is 2.33. The van der Waals surface area contributed by atoms with Crippen LogP contribution in [0.2, 0.25) is 0 Å².